The molecular weight excluding hydrogens is 338 g/mol. The fourth-order valence-electron chi connectivity index (χ4n) is 3.56. The number of carbonyl (C=O) groups is 1. The zero-order valence-electron chi connectivity index (χ0n) is 15.8. The van der Waals surface area contributed by atoms with E-state index < -0.39 is 0 Å². The van der Waals surface area contributed by atoms with Crippen LogP contribution in [0.25, 0.3) is 22.5 Å². The van der Waals surface area contributed by atoms with Gasteiger partial charge in [0, 0.05) is 11.1 Å². The summed E-state index contributed by atoms with van der Waals surface area (Å²) < 4.78 is 1.94. The molecule has 0 unspecified atom stereocenters. The number of anilines is 1. The second-order valence-corrected chi connectivity index (χ2v) is 7.73. The number of amides is 1. The van der Waals surface area contributed by atoms with E-state index >= 15 is 0 Å². The van der Waals surface area contributed by atoms with Gasteiger partial charge in [0.1, 0.15) is 5.69 Å². The van der Waals surface area contributed by atoms with E-state index in [0.29, 0.717) is 6.54 Å². The van der Waals surface area contributed by atoms with Gasteiger partial charge in [-0.05, 0) is 32.4 Å². The molecular formula is C21H23N5O. The van der Waals surface area contributed by atoms with Gasteiger partial charge in [-0.15, -0.1) is 5.10 Å². The summed E-state index contributed by atoms with van der Waals surface area (Å²) in [6.45, 7) is 6.69. The van der Waals surface area contributed by atoms with Crippen LogP contribution in [0.3, 0.4) is 0 Å². The van der Waals surface area contributed by atoms with Crippen LogP contribution in [-0.2, 0) is 16.9 Å². The first-order valence-electron chi connectivity index (χ1n) is 9.06. The molecule has 0 saturated carbocycles. The standard InChI is InChI=1S/C21H23N5O/c1-21(2,3)26-20-16-10-6-7-11-17(16)25(18(27)12-22)13-14-8-4-5-9-15(14)19(20)23-24-26/h4-11H,12-13,22H2,1-3H3. The molecule has 6 heteroatoms. The van der Waals surface area contributed by atoms with Gasteiger partial charge in [-0.2, -0.15) is 0 Å². The molecule has 0 radical (unpaired) electrons. The van der Waals surface area contributed by atoms with E-state index in [1.165, 1.54) is 0 Å². The minimum Gasteiger partial charge on any atom is -0.322 e. The fourth-order valence-corrected chi connectivity index (χ4v) is 3.56. The topological polar surface area (TPSA) is 77.0 Å². The Hall–Kier alpha value is -2.99. The molecule has 0 spiro atoms. The van der Waals surface area contributed by atoms with Crippen molar-refractivity contribution < 1.29 is 4.79 Å². The number of aromatic nitrogens is 3. The second kappa shape index (κ2) is 6.32. The van der Waals surface area contributed by atoms with Crippen molar-refractivity contribution in [3.63, 3.8) is 0 Å². The number of rotatable bonds is 1. The first-order valence-corrected chi connectivity index (χ1v) is 9.06. The molecule has 6 nitrogen and oxygen atoms in total. The minimum absolute atomic E-state index is 0.0415. The maximum atomic E-state index is 12.7. The summed E-state index contributed by atoms with van der Waals surface area (Å²) >= 11 is 0. The van der Waals surface area contributed by atoms with Gasteiger partial charge in [-0.3, -0.25) is 4.79 Å². The van der Waals surface area contributed by atoms with Gasteiger partial charge >= 0.3 is 0 Å². The average Bonchev–Trinajstić information content (AvgIpc) is 3.09. The van der Waals surface area contributed by atoms with Crippen molar-refractivity contribution in [2.24, 2.45) is 5.73 Å². The Morgan fingerprint density at radius 2 is 1.74 bits per heavy atom. The molecule has 0 bridgehead atoms. The Kier molecular flexibility index (Phi) is 4.08. The number of carbonyl (C=O) groups excluding carboxylic acids is 1. The fraction of sp³-hybridized carbons (Fsp3) is 0.286. The Bertz CT molecular complexity index is 1020. The van der Waals surface area contributed by atoms with Gasteiger partial charge in [0.2, 0.25) is 5.91 Å². The highest BCUT2D eigenvalue weighted by atomic mass is 16.2. The lowest BCUT2D eigenvalue weighted by Crippen LogP contribution is -2.36. The first kappa shape index (κ1) is 17.4. The van der Waals surface area contributed by atoms with Gasteiger partial charge in [-0.25, -0.2) is 4.68 Å². The Labute approximate surface area is 158 Å². The Morgan fingerprint density at radius 1 is 1.07 bits per heavy atom. The third-order valence-corrected chi connectivity index (χ3v) is 4.83. The average molecular weight is 361 g/mol. The summed E-state index contributed by atoms with van der Waals surface area (Å²) in [5.74, 6) is -0.115. The lowest BCUT2D eigenvalue weighted by molar-refractivity contribution is -0.117. The van der Waals surface area contributed by atoms with E-state index in [1.807, 2.05) is 53.2 Å². The predicted octanol–water partition coefficient (Wildman–Crippen LogP) is 3.17. The highest BCUT2D eigenvalue weighted by Gasteiger charge is 2.31. The van der Waals surface area contributed by atoms with E-state index in [-0.39, 0.29) is 18.0 Å². The van der Waals surface area contributed by atoms with Crippen LogP contribution in [0.2, 0.25) is 0 Å². The molecule has 3 aromatic rings. The van der Waals surface area contributed by atoms with Crippen LogP contribution in [0, 0.1) is 0 Å². The Morgan fingerprint density at radius 3 is 2.44 bits per heavy atom. The SMILES string of the molecule is CC(C)(C)n1nnc2c1-c1ccccc1N(C(=O)CN)Cc1ccccc1-2. The number of nitrogens with zero attached hydrogens (tertiary/aromatic N) is 4. The largest absolute Gasteiger partial charge is 0.322 e. The van der Waals surface area contributed by atoms with Crippen LogP contribution in [0.15, 0.2) is 48.5 Å². The number of fused-ring (bicyclic) bond motifs is 5. The number of para-hydroxylation sites is 1. The molecule has 138 valence electrons. The molecule has 0 fully saturated rings. The molecule has 0 atom stereocenters. The van der Waals surface area contributed by atoms with E-state index in [2.05, 4.69) is 31.1 Å². The number of hydrogen-bond acceptors (Lipinski definition) is 4. The van der Waals surface area contributed by atoms with E-state index in [4.69, 9.17) is 5.73 Å². The van der Waals surface area contributed by atoms with Crippen molar-refractivity contribution in [3.8, 4) is 22.5 Å². The third kappa shape index (κ3) is 2.82. The molecule has 4 rings (SSSR count). The third-order valence-electron chi connectivity index (χ3n) is 4.83. The summed E-state index contributed by atoms with van der Waals surface area (Å²) in [4.78, 5) is 14.5. The maximum Gasteiger partial charge on any atom is 0.241 e. The lowest BCUT2D eigenvalue weighted by atomic mass is 9.94. The van der Waals surface area contributed by atoms with Crippen molar-refractivity contribution in [1.82, 2.24) is 15.0 Å². The van der Waals surface area contributed by atoms with E-state index in [1.54, 1.807) is 4.90 Å². The van der Waals surface area contributed by atoms with Crippen molar-refractivity contribution in [1.29, 1.82) is 0 Å². The molecule has 1 aliphatic rings. The first-order chi connectivity index (χ1) is 12.9. The van der Waals surface area contributed by atoms with Gasteiger partial charge in [-0.1, -0.05) is 47.7 Å². The second-order valence-electron chi connectivity index (χ2n) is 7.73. The van der Waals surface area contributed by atoms with Crippen LogP contribution >= 0.6 is 0 Å². The van der Waals surface area contributed by atoms with Crippen molar-refractivity contribution in [2.75, 3.05) is 11.4 Å². The van der Waals surface area contributed by atoms with Crippen LogP contribution in [0.1, 0.15) is 26.3 Å². The number of nitrogens with two attached hydrogens (primary N) is 1. The van der Waals surface area contributed by atoms with Crippen molar-refractivity contribution in [2.45, 2.75) is 32.9 Å². The van der Waals surface area contributed by atoms with Gasteiger partial charge in [0.15, 0.2) is 0 Å². The highest BCUT2D eigenvalue weighted by molar-refractivity contribution is 6.01. The van der Waals surface area contributed by atoms with E-state index in [9.17, 15) is 4.79 Å². The molecule has 1 aromatic heterocycles. The van der Waals surface area contributed by atoms with Crippen LogP contribution in [-0.4, -0.2) is 27.4 Å². The van der Waals surface area contributed by atoms with E-state index in [0.717, 1.165) is 33.8 Å². The highest BCUT2D eigenvalue weighted by Crippen LogP contribution is 2.42. The smallest absolute Gasteiger partial charge is 0.241 e. The molecule has 2 N–H and O–H groups in total. The monoisotopic (exact) mass is 361 g/mol. The predicted molar refractivity (Wildman–Crippen MR) is 106 cm³/mol. The molecule has 2 heterocycles. The normalized spacial score (nSPS) is 13.3. The summed E-state index contributed by atoms with van der Waals surface area (Å²) in [6, 6.07) is 15.9. The maximum absolute atomic E-state index is 12.7. The van der Waals surface area contributed by atoms with Gasteiger partial charge < -0.3 is 10.6 Å². The van der Waals surface area contributed by atoms with Crippen molar-refractivity contribution >= 4 is 11.6 Å². The summed E-state index contributed by atoms with van der Waals surface area (Å²) in [5, 5.41) is 9.02. The zero-order valence-corrected chi connectivity index (χ0v) is 15.8. The van der Waals surface area contributed by atoms with Crippen molar-refractivity contribution in [3.05, 3.63) is 54.1 Å². The molecule has 0 saturated heterocycles. The summed E-state index contributed by atoms with van der Waals surface area (Å²) in [5.41, 5.74) is 11.0. The van der Waals surface area contributed by atoms with Crippen LogP contribution in [0.4, 0.5) is 5.69 Å². The molecule has 1 aliphatic heterocycles. The van der Waals surface area contributed by atoms with Crippen LogP contribution < -0.4 is 10.6 Å². The van der Waals surface area contributed by atoms with Crippen LogP contribution in [0.5, 0.6) is 0 Å². The quantitative estimate of drug-likeness (QED) is 0.722. The summed E-state index contributed by atoms with van der Waals surface area (Å²) in [7, 11) is 0. The van der Waals surface area contributed by atoms with Gasteiger partial charge in [0.05, 0.1) is 30.0 Å². The lowest BCUT2D eigenvalue weighted by Gasteiger charge is -2.30. The molecule has 1 amide bonds. The number of benzene rings is 2. The minimum atomic E-state index is -0.259. The summed E-state index contributed by atoms with van der Waals surface area (Å²) in [6.07, 6.45) is 0. The molecule has 2 aromatic carbocycles. The Balaban J connectivity index is 2.10. The molecule has 27 heavy (non-hydrogen) atoms. The molecule has 0 aliphatic carbocycles. The zero-order chi connectivity index (χ0) is 19.2. The van der Waals surface area contributed by atoms with Gasteiger partial charge in [0.25, 0.3) is 0 Å². The number of hydrogen-bond donors (Lipinski definition) is 1.